The van der Waals surface area contributed by atoms with E-state index in [-0.39, 0.29) is 36.2 Å². The molecule has 0 amide bonds. The van der Waals surface area contributed by atoms with E-state index in [0.29, 0.717) is 6.42 Å². The first-order valence-electron chi connectivity index (χ1n) is 4.90. The summed E-state index contributed by atoms with van der Waals surface area (Å²) >= 11 is 0. The Bertz CT molecular complexity index is 381. The van der Waals surface area contributed by atoms with E-state index in [1.165, 1.54) is 0 Å². The quantitative estimate of drug-likeness (QED) is 0.466. The molecule has 2 saturated heterocycles. The monoisotopic (exact) mass is 232 g/mol. The highest BCUT2D eigenvalue weighted by atomic mass is 32.2. The van der Waals surface area contributed by atoms with Crippen LogP contribution >= 0.6 is 0 Å². The van der Waals surface area contributed by atoms with Gasteiger partial charge in [0.15, 0.2) is 9.84 Å². The highest BCUT2D eigenvalue weighted by Gasteiger charge is 2.38. The van der Waals surface area contributed by atoms with Crippen molar-refractivity contribution in [2.75, 3.05) is 11.5 Å². The fourth-order valence-electron chi connectivity index (χ4n) is 2.24. The molecule has 1 unspecified atom stereocenters. The number of esters is 2. The van der Waals surface area contributed by atoms with Crippen LogP contribution < -0.4 is 0 Å². The van der Waals surface area contributed by atoms with Crippen molar-refractivity contribution in [1.29, 1.82) is 0 Å². The summed E-state index contributed by atoms with van der Waals surface area (Å²) in [6.07, 6.45) is 0.908. The molecule has 0 N–H and O–H groups in total. The van der Waals surface area contributed by atoms with Crippen LogP contribution in [0.15, 0.2) is 0 Å². The Kier molecular flexibility index (Phi) is 2.54. The molecule has 5 nitrogen and oxygen atoms in total. The van der Waals surface area contributed by atoms with Gasteiger partial charge >= 0.3 is 11.9 Å². The topological polar surface area (TPSA) is 77.5 Å². The lowest BCUT2D eigenvalue weighted by molar-refractivity contribution is -0.166. The maximum Gasteiger partial charge on any atom is 0.313 e. The van der Waals surface area contributed by atoms with E-state index in [0.717, 1.165) is 0 Å². The van der Waals surface area contributed by atoms with Gasteiger partial charge in [0.25, 0.3) is 0 Å². The molecule has 0 aromatic carbocycles. The van der Waals surface area contributed by atoms with Gasteiger partial charge in [0.1, 0.15) is 0 Å². The molecule has 2 aliphatic rings. The number of ether oxygens (including phenoxy) is 1. The predicted molar refractivity (Wildman–Crippen MR) is 50.6 cm³/mol. The molecule has 2 fully saturated rings. The Morgan fingerprint density at radius 3 is 2.13 bits per heavy atom. The maximum atomic E-state index is 11.2. The average Bonchev–Trinajstić information content (AvgIpc) is 2.44. The molecule has 15 heavy (non-hydrogen) atoms. The summed E-state index contributed by atoms with van der Waals surface area (Å²) in [6, 6.07) is 0. The van der Waals surface area contributed by atoms with Gasteiger partial charge < -0.3 is 4.74 Å². The highest BCUT2D eigenvalue weighted by molar-refractivity contribution is 7.91. The molecule has 0 aromatic heterocycles. The van der Waals surface area contributed by atoms with Crippen LogP contribution in [0.1, 0.15) is 19.3 Å². The minimum Gasteiger partial charge on any atom is -0.393 e. The standard InChI is InChI=1S/C9H12O5S/c10-8-3-7(4-9(11)14-8)6-1-2-15(12,13)5-6/h6-7H,1-5H2. The van der Waals surface area contributed by atoms with Crippen molar-refractivity contribution in [3.63, 3.8) is 0 Å². The summed E-state index contributed by atoms with van der Waals surface area (Å²) in [6.45, 7) is 0. The first-order chi connectivity index (χ1) is 6.96. The smallest absolute Gasteiger partial charge is 0.313 e. The summed E-state index contributed by atoms with van der Waals surface area (Å²) in [5, 5.41) is 0. The van der Waals surface area contributed by atoms with Crippen LogP contribution in [0, 0.1) is 11.8 Å². The molecule has 2 aliphatic heterocycles. The van der Waals surface area contributed by atoms with Crippen LogP contribution in [0.2, 0.25) is 0 Å². The second kappa shape index (κ2) is 3.59. The van der Waals surface area contributed by atoms with Crippen LogP contribution in [0.3, 0.4) is 0 Å². The predicted octanol–water partition coefficient (Wildman–Crippen LogP) is -0.0991. The molecule has 0 radical (unpaired) electrons. The minimum absolute atomic E-state index is 0.0493. The normalized spacial score (nSPS) is 31.6. The van der Waals surface area contributed by atoms with Gasteiger partial charge in [0.05, 0.1) is 11.5 Å². The third-order valence-corrected chi connectivity index (χ3v) is 4.81. The van der Waals surface area contributed by atoms with Gasteiger partial charge in [-0.15, -0.1) is 0 Å². The molecule has 2 heterocycles. The first-order valence-corrected chi connectivity index (χ1v) is 6.72. The van der Waals surface area contributed by atoms with Gasteiger partial charge in [0.2, 0.25) is 0 Å². The fraction of sp³-hybridized carbons (Fsp3) is 0.778. The molecule has 2 rings (SSSR count). The van der Waals surface area contributed by atoms with Gasteiger partial charge in [-0.05, 0) is 18.3 Å². The lowest BCUT2D eigenvalue weighted by Gasteiger charge is -2.24. The van der Waals surface area contributed by atoms with Gasteiger partial charge in [0, 0.05) is 12.8 Å². The van der Waals surface area contributed by atoms with Gasteiger partial charge in [-0.2, -0.15) is 0 Å². The zero-order valence-electron chi connectivity index (χ0n) is 8.14. The second-order valence-electron chi connectivity index (χ2n) is 4.18. The Hall–Kier alpha value is -0.910. The van der Waals surface area contributed by atoms with Gasteiger partial charge in [-0.3, -0.25) is 9.59 Å². The number of rotatable bonds is 1. The number of sulfone groups is 1. The van der Waals surface area contributed by atoms with Crippen molar-refractivity contribution in [1.82, 2.24) is 0 Å². The third kappa shape index (κ3) is 2.37. The van der Waals surface area contributed by atoms with E-state index in [2.05, 4.69) is 4.74 Å². The van der Waals surface area contributed by atoms with E-state index < -0.39 is 21.8 Å². The largest absolute Gasteiger partial charge is 0.393 e. The lowest BCUT2D eigenvalue weighted by Crippen LogP contribution is -2.30. The maximum absolute atomic E-state index is 11.2. The minimum atomic E-state index is -2.94. The number of carbonyl (C=O) groups excluding carboxylic acids is 2. The molecule has 0 saturated carbocycles. The number of hydrogen-bond donors (Lipinski definition) is 0. The van der Waals surface area contributed by atoms with Gasteiger partial charge in [-0.1, -0.05) is 0 Å². The highest BCUT2D eigenvalue weighted by Crippen LogP contribution is 2.32. The summed E-state index contributed by atoms with van der Waals surface area (Å²) < 4.78 is 26.9. The first kappa shape index (κ1) is 10.6. The Morgan fingerprint density at radius 2 is 1.67 bits per heavy atom. The zero-order chi connectivity index (χ0) is 11.1. The van der Waals surface area contributed by atoms with Crippen molar-refractivity contribution in [3.8, 4) is 0 Å². The van der Waals surface area contributed by atoms with E-state index in [4.69, 9.17) is 0 Å². The van der Waals surface area contributed by atoms with Crippen LogP contribution in [-0.4, -0.2) is 31.9 Å². The fourth-order valence-corrected chi connectivity index (χ4v) is 4.16. The zero-order valence-corrected chi connectivity index (χ0v) is 8.96. The van der Waals surface area contributed by atoms with Crippen LogP contribution in [0.25, 0.3) is 0 Å². The Balaban J connectivity index is 2.06. The summed E-state index contributed by atoms with van der Waals surface area (Å²) in [5.41, 5.74) is 0. The lowest BCUT2D eigenvalue weighted by atomic mass is 9.85. The Labute approximate surface area is 87.7 Å². The summed E-state index contributed by atoms with van der Waals surface area (Å²) in [4.78, 5) is 22.0. The van der Waals surface area contributed by atoms with Crippen LogP contribution in [0.4, 0.5) is 0 Å². The second-order valence-corrected chi connectivity index (χ2v) is 6.41. The molecule has 6 heteroatoms. The van der Waals surface area contributed by atoms with E-state index >= 15 is 0 Å². The number of cyclic esters (lactones) is 2. The van der Waals surface area contributed by atoms with Crippen LogP contribution in [-0.2, 0) is 24.2 Å². The third-order valence-electron chi connectivity index (χ3n) is 3.02. The molecule has 0 aromatic rings. The van der Waals surface area contributed by atoms with Gasteiger partial charge in [-0.25, -0.2) is 8.42 Å². The van der Waals surface area contributed by atoms with E-state index in [1.807, 2.05) is 0 Å². The molecule has 0 aliphatic carbocycles. The molecule has 1 atom stereocenters. The Morgan fingerprint density at radius 1 is 1.07 bits per heavy atom. The van der Waals surface area contributed by atoms with Crippen molar-refractivity contribution >= 4 is 21.8 Å². The van der Waals surface area contributed by atoms with E-state index in [9.17, 15) is 18.0 Å². The molecule has 84 valence electrons. The molecule has 0 bridgehead atoms. The van der Waals surface area contributed by atoms with Crippen molar-refractivity contribution in [3.05, 3.63) is 0 Å². The number of hydrogen-bond acceptors (Lipinski definition) is 5. The van der Waals surface area contributed by atoms with Crippen molar-refractivity contribution < 1.29 is 22.7 Å². The SMILES string of the molecule is O=C1CC(C2CCS(=O)(=O)C2)CC(=O)O1. The van der Waals surface area contributed by atoms with Crippen LogP contribution in [0.5, 0.6) is 0 Å². The van der Waals surface area contributed by atoms with E-state index in [1.54, 1.807) is 0 Å². The van der Waals surface area contributed by atoms with Crippen molar-refractivity contribution in [2.45, 2.75) is 19.3 Å². The molecule has 0 spiro atoms. The average molecular weight is 232 g/mol. The number of carbonyl (C=O) groups is 2. The molecular weight excluding hydrogens is 220 g/mol. The van der Waals surface area contributed by atoms with Crippen molar-refractivity contribution in [2.24, 2.45) is 11.8 Å². The summed E-state index contributed by atoms with van der Waals surface area (Å²) in [5.74, 6) is -0.959. The summed E-state index contributed by atoms with van der Waals surface area (Å²) in [7, 11) is -2.94. The molecular formula is C9H12O5S.